The number of furan rings is 1. The first-order valence-corrected chi connectivity index (χ1v) is 12.0. The molecule has 3 heterocycles. The van der Waals surface area contributed by atoms with Gasteiger partial charge in [0.15, 0.2) is 5.82 Å². The van der Waals surface area contributed by atoms with Crippen molar-refractivity contribution in [2.45, 2.75) is 38.5 Å². The van der Waals surface area contributed by atoms with E-state index in [-0.39, 0.29) is 11.5 Å². The highest BCUT2D eigenvalue weighted by molar-refractivity contribution is 5.94. The SMILES string of the molecule is Cn1c(=O)c2ccccc2n2c(CN(Cc3ccc(C(=O)NC4CC4)cc3)Cc3ccco3)nnc12. The second-order valence-electron chi connectivity index (χ2n) is 9.30. The van der Waals surface area contributed by atoms with E-state index in [1.54, 1.807) is 13.3 Å². The molecule has 1 fully saturated rings. The molecule has 9 heteroatoms. The van der Waals surface area contributed by atoms with Crippen molar-refractivity contribution < 1.29 is 9.21 Å². The molecule has 0 saturated heterocycles. The van der Waals surface area contributed by atoms with Crippen molar-refractivity contribution in [3.8, 4) is 0 Å². The highest BCUT2D eigenvalue weighted by atomic mass is 16.3. The summed E-state index contributed by atoms with van der Waals surface area (Å²) in [6, 6.07) is 19.4. The molecular weight excluding hydrogens is 456 g/mol. The third-order valence-corrected chi connectivity index (χ3v) is 6.55. The maximum Gasteiger partial charge on any atom is 0.262 e. The summed E-state index contributed by atoms with van der Waals surface area (Å²) in [7, 11) is 1.71. The maximum absolute atomic E-state index is 12.8. The number of carbonyl (C=O) groups excluding carboxylic acids is 1. The predicted molar refractivity (Wildman–Crippen MR) is 134 cm³/mol. The van der Waals surface area contributed by atoms with E-state index in [2.05, 4.69) is 20.4 Å². The zero-order chi connectivity index (χ0) is 24.6. The van der Waals surface area contributed by atoms with Crippen LogP contribution in [-0.4, -0.2) is 36.0 Å². The van der Waals surface area contributed by atoms with E-state index >= 15 is 0 Å². The summed E-state index contributed by atoms with van der Waals surface area (Å²) in [6.07, 6.45) is 3.79. The van der Waals surface area contributed by atoms with Gasteiger partial charge in [-0.15, -0.1) is 10.2 Å². The van der Waals surface area contributed by atoms with E-state index in [0.29, 0.717) is 42.4 Å². The van der Waals surface area contributed by atoms with Gasteiger partial charge in [-0.3, -0.25) is 23.5 Å². The molecule has 1 N–H and O–H groups in total. The first kappa shape index (κ1) is 22.2. The lowest BCUT2D eigenvalue weighted by atomic mass is 10.1. The molecule has 6 rings (SSSR count). The van der Waals surface area contributed by atoms with E-state index in [9.17, 15) is 9.59 Å². The second-order valence-corrected chi connectivity index (χ2v) is 9.30. The first-order valence-electron chi connectivity index (χ1n) is 12.0. The average Bonchev–Trinajstić information content (AvgIpc) is 3.37. The number of aryl methyl sites for hydroxylation is 1. The van der Waals surface area contributed by atoms with Crippen LogP contribution in [0.1, 0.15) is 40.3 Å². The van der Waals surface area contributed by atoms with E-state index in [0.717, 1.165) is 35.5 Å². The summed E-state index contributed by atoms with van der Waals surface area (Å²) >= 11 is 0. The third-order valence-electron chi connectivity index (χ3n) is 6.55. The fourth-order valence-electron chi connectivity index (χ4n) is 4.50. The number of carbonyl (C=O) groups is 1. The minimum absolute atomic E-state index is 0.0242. The van der Waals surface area contributed by atoms with Crippen LogP contribution in [0.4, 0.5) is 0 Å². The largest absolute Gasteiger partial charge is 0.468 e. The molecule has 0 spiro atoms. The van der Waals surface area contributed by atoms with Gasteiger partial charge in [-0.05, 0) is 54.8 Å². The van der Waals surface area contributed by atoms with Crippen LogP contribution in [0, 0.1) is 0 Å². The standard InChI is InChI=1S/C27H26N6O3/c1-31-26(35)22-6-2-3-7-23(22)33-24(29-30-27(31)33)17-32(16-21-5-4-14-36-21)15-18-8-10-19(11-9-18)25(34)28-20-12-13-20/h2-11,14,20H,12-13,15-17H2,1H3,(H,28,34). The number of hydrogen-bond acceptors (Lipinski definition) is 6. The molecule has 0 unspecified atom stereocenters. The van der Waals surface area contributed by atoms with Crippen LogP contribution in [0.15, 0.2) is 76.1 Å². The molecule has 36 heavy (non-hydrogen) atoms. The van der Waals surface area contributed by atoms with Crippen molar-refractivity contribution in [3.05, 3.63) is 100.0 Å². The summed E-state index contributed by atoms with van der Waals surface area (Å²) < 4.78 is 9.09. The minimum Gasteiger partial charge on any atom is -0.468 e. The zero-order valence-electron chi connectivity index (χ0n) is 19.9. The highest BCUT2D eigenvalue weighted by Crippen LogP contribution is 2.20. The molecule has 9 nitrogen and oxygen atoms in total. The molecule has 5 aromatic rings. The van der Waals surface area contributed by atoms with Gasteiger partial charge < -0.3 is 9.73 Å². The number of benzene rings is 2. The van der Waals surface area contributed by atoms with Gasteiger partial charge >= 0.3 is 0 Å². The van der Waals surface area contributed by atoms with Crippen molar-refractivity contribution >= 4 is 22.6 Å². The van der Waals surface area contributed by atoms with Crippen molar-refractivity contribution in [2.75, 3.05) is 0 Å². The van der Waals surface area contributed by atoms with Gasteiger partial charge in [0.2, 0.25) is 5.78 Å². The van der Waals surface area contributed by atoms with Gasteiger partial charge in [0.05, 0.1) is 30.3 Å². The van der Waals surface area contributed by atoms with Gasteiger partial charge in [0.25, 0.3) is 11.5 Å². The van der Waals surface area contributed by atoms with Gasteiger partial charge in [-0.1, -0.05) is 24.3 Å². The van der Waals surface area contributed by atoms with E-state index in [4.69, 9.17) is 4.42 Å². The van der Waals surface area contributed by atoms with Crippen molar-refractivity contribution in [1.82, 2.24) is 29.4 Å². The Hall–Kier alpha value is -4.24. The normalized spacial score (nSPS) is 13.6. The minimum atomic E-state index is -0.102. The van der Waals surface area contributed by atoms with Gasteiger partial charge in [-0.2, -0.15) is 0 Å². The molecule has 1 saturated carbocycles. The fourth-order valence-corrected chi connectivity index (χ4v) is 4.50. The van der Waals surface area contributed by atoms with Gasteiger partial charge in [0, 0.05) is 25.2 Å². The first-order chi connectivity index (χ1) is 17.6. The molecule has 0 aliphatic heterocycles. The maximum atomic E-state index is 12.8. The number of para-hydroxylation sites is 1. The Labute approximate surface area is 207 Å². The smallest absolute Gasteiger partial charge is 0.262 e. The monoisotopic (exact) mass is 482 g/mol. The molecule has 182 valence electrons. The topological polar surface area (TPSA) is 97.7 Å². The molecule has 1 aliphatic rings. The second kappa shape index (κ2) is 9.09. The Morgan fingerprint density at radius 1 is 1.03 bits per heavy atom. The van der Waals surface area contributed by atoms with Crippen molar-refractivity contribution in [1.29, 1.82) is 0 Å². The third kappa shape index (κ3) is 4.29. The molecule has 3 aromatic heterocycles. The average molecular weight is 483 g/mol. The summed E-state index contributed by atoms with van der Waals surface area (Å²) in [5, 5.41) is 12.4. The number of nitrogens with one attached hydrogen (secondary N) is 1. The quantitative estimate of drug-likeness (QED) is 0.365. The van der Waals surface area contributed by atoms with E-state index in [1.807, 2.05) is 65.1 Å². The number of hydrogen-bond donors (Lipinski definition) is 1. The molecule has 1 amide bonds. The van der Waals surface area contributed by atoms with E-state index in [1.165, 1.54) is 4.57 Å². The Morgan fingerprint density at radius 3 is 2.58 bits per heavy atom. The zero-order valence-corrected chi connectivity index (χ0v) is 19.9. The Bertz CT molecular complexity index is 1600. The Balaban J connectivity index is 1.31. The molecule has 0 radical (unpaired) electrons. The number of amides is 1. The van der Waals surface area contributed by atoms with Gasteiger partial charge in [-0.25, -0.2) is 0 Å². The van der Waals surface area contributed by atoms with Gasteiger partial charge in [0.1, 0.15) is 5.76 Å². The highest BCUT2D eigenvalue weighted by Gasteiger charge is 2.24. The summed E-state index contributed by atoms with van der Waals surface area (Å²) in [5.41, 5.74) is 2.41. The summed E-state index contributed by atoms with van der Waals surface area (Å²) in [4.78, 5) is 27.4. The van der Waals surface area contributed by atoms with Crippen LogP contribution >= 0.6 is 0 Å². The number of aromatic nitrogens is 4. The number of fused-ring (bicyclic) bond motifs is 3. The number of nitrogens with zero attached hydrogens (tertiary/aromatic N) is 5. The Morgan fingerprint density at radius 2 is 1.83 bits per heavy atom. The lowest BCUT2D eigenvalue weighted by molar-refractivity contribution is 0.0951. The van der Waals surface area contributed by atoms with Crippen LogP contribution in [-0.2, 0) is 26.7 Å². The molecule has 2 aromatic carbocycles. The summed E-state index contributed by atoms with van der Waals surface area (Å²) in [5.74, 6) is 2.03. The lowest BCUT2D eigenvalue weighted by Crippen LogP contribution is -2.26. The van der Waals surface area contributed by atoms with Crippen LogP contribution in [0.25, 0.3) is 16.7 Å². The Kier molecular flexibility index (Phi) is 5.61. The number of rotatable bonds is 8. The molecule has 0 bridgehead atoms. The predicted octanol–water partition coefficient (Wildman–Crippen LogP) is 3.27. The summed E-state index contributed by atoms with van der Waals surface area (Å²) in [6.45, 7) is 1.66. The molecule has 0 atom stereocenters. The van der Waals surface area contributed by atoms with Crippen LogP contribution in [0.3, 0.4) is 0 Å². The van der Waals surface area contributed by atoms with E-state index < -0.39 is 0 Å². The van der Waals surface area contributed by atoms with Crippen LogP contribution in [0.2, 0.25) is 0 Å². The lowest BCUT2D eigenvalue weighted by Gasteiger charge is -2.21. The van der Waals surface area contributed by atoms with Crippen molar-refractivity contribution in [2.24, 2.45) is 7.05 Å². The van der Waals surface area contributed by atoms with Crippen LogP contribution < -0.4 is 10.9 Å². The van der Waals surface area contributed by atoms with Crippen molar-refractivity contribution in [3.63, 3.8) is 0 Å². The fraction of sp³-hybridized carbons (Fsp3) is 0.259. The molecule has 1 aliphatic carbocycles. The van der Waals surface area contributed by atoms with Crippen LogP contribution in [0.5, 0.6) is 0 Å². The molecular formula is C27H26N6O3.